The van der Waals surface area contributed by atoms with Gasteiger partial charge in [-0.2, -0.15) is 0 Å². The van der Waals surface area contributed by atoms with Gasteiger partial charge in [-0.15, -0.1) is 0 Å². The number of hydrogen-bond acceptors (Lipinski definition) is 1. The van der Waals surface area contributed by atoms with E-state index in [4.69, 9.17) is 0 Å². The number of carbonyl (C=O) groups is 1. The van der Waals surface area contributed by atoms with E-state index >= 15 is 0 Å². The van der Waals surface area contributed by atoms with Crippen LogP contribution in [0.2, 0.25) is 0 Å². The van der Waals surface area contributed by atoms with Gasteiger partial charge >= 0.3 is 0 Å². The van der Waals surface area contributed by atoms with Crippen LogP contribution in [0, 0.1) is 0 Å². The van der Waals surface area contributed by atoms with Gasteiger partial charge < -0.3 is 22.6 Å². The second-order valence-electron chi connectivity index (χ2n) is 4.18. The number of quaternary nitrogens is 1. The summed E-state index contributed by atoms with van der Waals surface area (Å²) in [4.78, 5) is 13.3. The summed E-state index contributed by atoms with van der Waals surface area (Å²) in [7, 11) is 0. The van der Waals surface area contributed by atoms with Gasteiger partial charge in [-0.1, -0.05) is 18.2 Å². The zero-order chi connectivity index (χ0) is 12.5. The van der Waals surface area contributed by atoms with Crippen LogP contribution in [-0.2, 0) is 0 Å². The molecule has 18 heavy (non-hydrogen) atoms. The molecule has 0 heterocycles. The van der Waals surface area contributed by atoms with Gasteiger partial charge in [-0.25, -0.2) is 0 Å². The Morgan fingerprint density at radius 2 is 1.78 bits per heavy atom. The summed E-state index contributed by atoms with van der Waals surface area (Å²) in [5.74, 6) is 0.0279. The van der Waals surface area contributed by atoms with Crippen molar-refractivity contribution in [2.45, 2.75) is 20.3 Å². The standard InChI is InChI=1S/C14H22N2O.ClH/c1-3-16(4-2)12-8-11-15-14(17)13-9-6-5-7-10-13;/h5-7,9-10H,3-4,8,11-12H2,1-2H3,(H,15,17);1H. The van der Waals surface area contributed by atoms with Crippen molar-refractivity contribution in [2.75, 3.05) is 26.2 Å². The molecule has 3 nitrogen and oxygen atoms in total. The molecule has 0 unspecified atom stereocenters. The minimum absolute atomic E-state index is 0. The highest BCUT2D eigenvalue weighted by atomic mass is 35.5. The summed E-state index contributed by atoms with van der Waals surface area (Å²) in [6, 6.07) is 9.36. The summed E-state index contributed by atoms with van der Waals surface area (Å²) >= 11 is 0. The topological polar surface area (TPSA) is 33.5 Å². The van der Waals surface area contributed by atoms with Crippen molar-refractivity contribution in [3.63, 3.8) is 0 Å². The zero-order valence-corrected chi connectivity index (χ0v) is 12.0. The molecule has 2 N–H and O–H groups in total. The van der Waals surface area contributed by atoms with E-state index in [0.29, 0.717) is 0 Å². The first-order chi connectivity index (χ1) is 8.27. The fourth-order valence-electron chi connectivity index (χ4n) is 1.84. The van der Waals surface area contributed by atoms with E-state index in [2.05, 4.69) is 19.2 Å². The highest BCUT2D eigenvalue weighted by molar-refractivity contribution is 5.94. The summed E-state index contributed by atoms with van der Waals surface area (Å²) in [6.45, 7) is 8.59. The number of amides is 1. The van der Waals surface area contributed by atoms with E-state index in [1.54, 1.807) is 4.90 Å². The maximum Gasteiger partial charge on any atom is 0.251 e. The lowest BCUT2D eigenvalue weighted by atomic mass is 10.2. The maximum absolute atomic E-state index is 11.7. The predicted molar refractivity (Wildman–Crippen MR) is 70.3 cm³/mol. The number of carbonyl (C=O) groups excluding carboxylic acids is 1. The molecule has 0 bridgehead atoms. The Balaban J connectivity index is 0.00000289. The van der Waals surface area contributed by atoms with Gasteiger partial charge in [0.25, 0.3) is 5.91 Å². The third kappa shape index (κ3) is 6.03. The lowest BCUT2D eigenvalue weighted by Crippen LogP contribution is -3.11. The van der Waals surface area contributed by atoms with Crippen LogP contribution in [0.15, 0.2) is 30.3 Å². The molecule has 0 aromatic heterocycles. The van der Waals surface area contributed by atoms with E-state index in [1.807, 2.05) is 30.3 Å². The lowest BCUT2D eigenvalue weighted by Gasteiger charge is -2.15. The van der Waals surface area contributed by atoms with Crippen molar-refractivity contribution in [3.8, 4) is 0 Å². The molecule has 0 atom stereocenters. The van der Waals surface area contributed by atoms with Gasteiger partial charge in [-0.3, -0.25) is 4.79 Å². The number of rotatable bonds is 7. The van der Waals surface area contributed by atoms with Crippen LogP contribution in [0.1, 0.15) is 30.6 Å². The molecule has 0 aliphatic carbocycles. The average Bonchev–Trinajstić information content (AvgIpc) is 2.40. The molecular weight excluding hydrogens is 248 g/mol. The van der Waals surface area contributed by atoms with Gasteiger partial charge in [0.2, 0.25) is 0 Å². The summed E-state index contributed by atoms with van der Waals surface area (Å²) in [5, 5.41) is 2.95. The zero-order valence-electron chi connectivity index (χ0n) is 11.2. The molecule has 4 heteroatoms. The molecular formula is C14H23ClN2O. The monoisotopic (exact) mass is 270 g/mol. The smallest absolute Gasteiger partial charge is 0.251 e. The van der Waals surface area contributed by atoms with Crippen LogP contribution in [0.25, 0.3) is 0 Å². The molecule has 0 radical (unpaired) electrons. The average molecular weight is 271 g/mol. The van der Waals surface area contributed by atoms with Crippen LogP contribution in [0.5, 0.6) is 0 Å². The van der Waals surface area contributed by atoms with Crippen molar-refractivity contribution in [3.05, 3.63) is 35.9 Å². The molecule has 0 aliphatic rings. The molecule has 102 valence electrons. The number of halogens is 1. The van der Waals surface area contributed by atoms with E-state index < -0.39 is 0 Å². The third-order valence-corrected chi connectivity index (χ3v) is 3.03. The molecule has 1 amide bonds. The summed E-state index contributed by atoms with van der Waals surface area (Å²) in [5.41, 5.74) is 0.739. The number of nitrogens with one attached hydrogen (secondary N) is 2. The number of hydrogen-bond donors (Lipinski definition) is 2. The quantitative estimate of drug-likeness (QED) is 0.539. The minimum atomic E-state index is 0. The van der Waals surface area contributed by atoms with Crippen LogP contribution >= 0.6 is 0 Å². The SMILES string of the molecule is CC[NH+](CC)CCCNC(=O)c1ccccc1.[Cl-]. The van der Waals surface area contributed by atoms with Gasteiger partial charge in [0.05, 0.1) is 19.6 Å². The Morgan fingerprint density at radius 1 is 1.17 bits per heavy atom. The molecule has 0 aliphatic heterocycles. The van der Waals surface area contributed by atoms with Crippen LogP contribution in [0.3, 0.4) is 0 Å². The second kappa shape index (κ2) is 9.92. The minimum Gasteiger partial charge on any atom is -1.00 e. The van der Waals surface area contributed by atoms with Crippen molar-refractivity contribution >= 4 is 5.91 Å². The Labute approximate surface area is 116 Å². The van der Waals surface area contributed by atoms with Crippen molar-refractivity contribution in [1.82, 2.24) is 5.32 Å². The molecule has 0 saturated carbocycles. The fraction of sp³-hybridized carbons (Fsp3) is 0.500. The Kier molecular flexibility index (Phi) is 9.33. The van der Waals surface area contributed by atoms with Crippen LogP contribution < -0.4 is 22.6 Å². The first-order valence-corrected chi connectivity index (χ1v) is 6.44. The Morgan fingerprint density at radius 3 is 2.33 bits per heavy atom. The van der Waals surface area contributed by atoms with Crippen molar-refractivity contribution < 1.29 is 22.1 Å². The van der Waals surface area contributed by atoms with Crippen LogP contribution in [0.4, 0.5) is 0 Å². The van der Waals surface area contributed by atoms with Crippen LogP contribution in [-0.4, -0.2) is 32.1 Å². The molecule has 1 aromatic carbocycles. The molecule has 0 fully saturated rings. The van der Waals surface area contributed by atoms with Crippen molar-refractivity contribution in [2.24, 2.45) is 0 Å². The van der Waals surface area contributed by atoms with Gasteiger partial charge in [0.1, 0.15) is 0 Å². The van der Waals surface area contributed by atoms with Gasteiger partial charge in [0, 0.05) is 18.5 Å². The molecule has 1 aromatic rings. The Bertz CT molecular complexity index is 326. The molecule has 1 rings (SSSR count). The maximum atomic E-state index is 11.7. The highest BCUT2D eigenvalue weighted by Crippen LogP contribution is 1.97. The first-order valence-electron chi connectivity index (χ1n) is 6.44. The van der Waals surface area contributed by atoms with Crippen molar-refractivity contribution in [1.29, 1.82) is 0 Å². The summed E-state index contributed by atoms with van der Waals surface area (Å²) < 4.78 is 0. The normalized spacial score (nSPS) is 9.94. The van der Waals surface area contributed by atoms with E-state index in [0.717, 1.165) is 38.2 Å². The highest BCUT2D eigenvalue weighted by Gasteiger charge is 2.05. The third-order valence-electron chi connectivity index (χ3n) is 3.03. The number of benzene rings is 1. The predicted octanol–water partition coefficient (Wildman–Crippen LogP) is -2.26. The molecule has 0 spiro atoms. The summed E-state index contributed by atoms with van der Waals surface area (Å²) in [6.07, 6.45) is 1.04. The van der Waals surface area contributed by atoms with E-state index in [9.17, 15) is 4.79 Å². The molecule has 0 saturated heterocycles. The second-order valence-corrected chi connectivity index (χ2v) is 4.18. The van der Waals surface area contributed by atoms with Gasteiger partial charge in [-0.05, 0) is 26.0 Å². The Hall–Kier alpha value is -1.06. The first kappa shape index (κ1) is 16.9. The van der Waals surface area contributed by atoms with E-state index in [-0.39, 0.29) is 18.3 Å². The fourth-order valence-corrected chi connectivity index (χ4v) is 1.84. The largest absolute Gasteiger partial charge is 1.00 e. The van der Waals surface area contributed by atoms with E-state index in [1.165, 1.54) is 0 Å². The lowest BCUT2D eigenvalue weighted by molar-refractivity contribution is -0.896. The van der Waals surface area contributed by atoms with Gasteiger partial charge in [0.15, 0.2) is 0 Å².